The van der Waals surface area contributed by atoms with E-state index in [1.165, 1.54) is 33.0 Å². The molecule has 0 atom stereocenters. The fourth-order valence-electron chi connectivity index (χ4n) is 10.6. The SMILES string of the molecule is CC(C)c1c(-c2ccccc2F)c(-n2c3ccc(C(C)(C)C)cc3c3cc(C(C)(C)C)ccc32)c(-c2ccccc2F)c(C(C)C)c1-n1c2ccc(C(C)(C)C)cc2c2cc(C(C)(C)C)ccc21. The average molecular weight is 905 g/mol. The summed E-state index contributed by atoms with van der Waals surface area (Å²) in [5, 5.41) is 4.56. The van der Waals surface area contributed by atoms with Gasteiger partial charge in [0.1, 0.15) is 11.6 Å². The highest BCUT2D eigenvalue weighted by atomic mass is 19.1. The Morgan fingerprint density at radius 2 is 0.618 bits per heavy atom. The normalized spacial score (nSPS) is 13.1. The first kappa shape index (κ1) is 47.1. The van der Waals surface area contributed by atoms with E-state index in [0.717, 1.165) is 66.5 Å². The number of benzene rings is 7. The lowest BCUT2D eigenvalue weighted by molar-refractivity contribution is 0.590. The van der Waals surface area contributed by atoms with Crippen LogP contribution in [0.5, 0.6) is 0 Å². The molecule has 0 saturated heterocycles. The topological polar surface area (TPSA) is 9.86 Å². The first-order valence-electron chi connectivity index (χ1n) is 24.7. The molecule has 2 heterocycles. The lowest BCUT2D eigenvalue weighted by atomic mass is 9.79. The molecule has 2 aromatic heterocycles. The second-order valence-electron chi connectivity index (χ2n) is 24.1. The largest absolute Gasteiger partial charge is 0.309 e. The van der Waals surface area contributed by atoms with Gasteiger partial charge in [0.2, 0.25) is 0 Å². The van der Waals surface area contributed by atoms with Crippen LogP contribution < -0.4 is 0 Å². The molecule has 0 radical (unpaired) electrons. The van der Waals surface area contributed by atoms with Gasteiger partial charge < -0.3 is 9.13 Å². The van der Waals surface area contributed by atoms with Crippen molar-refractivity contribution in [1.29, 1.82) is 0 Å². The summed E-state index contributed by atoms with van der Waals surface area (Å²) in [6.45, 7) is 36.1. The number of hydrogen-bond donors (Lipinski definition) is 0. The molecule has 9 aromatic rings. The van der Waals surface area contributed by atoms with Gasteiger partial charge in [-0.2, -0.15) is 0 Å². The summed E-state index contributed by atoms with van der Waals surface area (Å²) in [6, 6.07) is 41.9. The van der Waals surface area contributed by atoms with Crippen LogP contribution in [0.1, 0.15) is 156 Å². The quantitative estimate of drug-likeness (QED) is 0.157. The summed E-state index contributed by atoms with van der Waals surface area (Å²) >= 11 is 0. The third kappa shape index (κ3) is 7.77. The highest BCUT2D eigenvalue weighted by Crippen LogP contribution is 2.54. The third-order valence-electron chi connectivity index (χ3n) is 14.4. The molecule has 0 amide bonds. The van der Waals surface area contributed by atoms with Crippen LogP contribution in [0.3, 0.4) is 0 Å². The monoisotopic (exact) mass is 905 g/mol. The van der Waals surface area contributed by atoms with Crippen LogP contribution in [0.25, 0.3) is 77.2 Å². The number of fused-ring (bicyclic) bond motifs is 6. The lowest BCUT2D eigenvalue weighted by Crippen LogP contribution is -2.16. The highest BCUT2D eigenvalue weighted by molar-refractivity contribution is 6.13. The van der Waals surface area contributed by atoms with Gasteiger partial charge >= 0.3 is 0 Å². The average Bonchev–Trinajstić information content (AvgIpc) is 3.75. The minimum atomic E-state index is -0.323. The minimum Gasteiger partial charge on any atom is -0.309 e. The van der Waals surface area contributed by atoms with Crippen LogP contribution in [-0.4, -0.2) is 9.13 Å². The van der Waals surface area contributed by atoms with E-state index in [2.05, 4.69) is 193 Å². The van der Waals surface area contributed by atoms with Crippen molar-refractivity contribution in [3.05, 3.63) is 166 Å². The molecule has 0 aliphatic rings. The molecule has 7 aromatic carbocycles. The molecule has 2 nitrogen and oxygen atoms in total. The molecule has 4 heteroatoms. The van der Waals surface area contributed by atoms with Crippen molar-refractivity contribution < 1.29 is 8.78 Å². The summed E-state index contributed by atoms with van der Waals surface area (Å²) < 4.78 is 39.6. The summed E-state index contributed by atoms with van der Waals surface area (Å²) in [6.07, 6.45) is 0. The van der Waals surface area contributed by atoms with E-state index in [0.29, 0.717) is 11.1 Å². The molecule has 0 aliphatic carbocycles. The van der Waals surface area contributed by atoms with Gasteiger partial charge in [0, 0.05) is 43.8 Å². The molecular weight excluding hydrogens is 835 g/mol. The van der Waals surface area contributed by atoms with Gasteiger partial charge in [-0.3, -0.25) is 0 Å². The predicted octanol–water partition coefficient (Wildman–Crippen LogP) is 18.9. The summed E-state index contributed by atoms with van der Waals surface area (Å²) in [5.74, 6) is -0.852. The Kier molecular flexibility index (Phi) is 11.3. The zero-order valence-corrected chi connectivity index (χ0v) is 43.4. The first-order valence-corrected chi connectivity index (χ1v) is 24.7. The molecule has 0 fully saturated rings. The van der Waals surface area contributed by atoms with Gasteiger partial charge in [-0.1, -0.05) is 171 Å². The van der Waals surface area contributed by atoms with E-state index in [9.17, 15) is 0 Å². The number of hydrogen-bond acceptors (Lipinski definition) is 0. The zero-order chi connectivity index (χ0) is 49.2. The second kappa shape index (κ2) is 16.3. The van der Waals surface area contributed by atoms with Crippen molar-refractivity contribution in [3.63, 3.8) is 0 Å². The Labute approximate surface area is 404 Å². The van der Waals surface area contributed by atoms with Crippen molar-refractivity contribution in [2.24, 2.45) is 0 Å². The maximum Gasteiger partial charge on any atom is 0.131 e. The molecule has 0 unspecified atom stereocenters. The maximum atomic E-state index is 17.4. The smallest absolute Gasteiger partial charge is 0.131 e. The van der Waals surface area contributed by atoms with Gasteiger partial charge in [-0.15, -0.1) is 0 Å². The van der Waals surface area contributed by atoms with Crippen LogP contribution in [0.4, 0.5) is 8.78 Å². The Hall–Kier alpha value is -6.00. The molecule has 68 heavy (non-hydrogen) atoms. The lowest BCUT2D eigenvalue weighted by Gasteiger charge is -2.32. The first-order chi connectivity index (χ1) is 31.8. The third-order valence-corrected chi connectivity index (χ3v) is 14.4. The highest BCUT2D eigenvalue weighted by Gasteiger charge is 2.35. The van der Waals surface area contributed by atoms with E-state index in [1.54, 1.807) is 24.3 Å². The van der Waals surface area contributed by atoms with E-state index < -0.39 is 0 Å². The Balaban J connectivity index is 1.61. The molecular formula is C64H70F2N2. The van der Waals surface area contributed by atoms with Crippen LogP contribution in [0.15, 0.2) is 121 Å². The number of halogens is 2. The fourth-order valence-corrected chi connectivity index (χ4v) is 10.6. The molecule has 9 rings (SSSR count). The number of nitrogens with zero attached hydrogens (tertiary/aromatic N) is 2. The zero-order valence-electron chi connectivity index (χ0n) is 43.4. The van der Waals surface area contributed by atoms with Gasteiger partial charge in [-0.05, 0) is 128 Å². The predicted molar refractivity (Wildman–Crippen MR) is 289 cm³/mol. The van der Waals surface area contributed by atoms with Crippen LogP contribution in [0.2, 0.25) is 0 Å². The van der Waals surface area contributed by atoms with Crippen molar-refractivity contribution in [3.8, 4) is 33.6 Å². The van der Waals surface area contributed by atoms with Crippen molar-refractivity contribution in [2.45, 2.75) is 144 Å². The second-order valence-corrected chi connectivity index (χ2v) is 24.1. The molecule has 0 aliphatic heterocycles. The summed E-state index contributed by atoms with van der Waals surface area (Å²) in [5.41, 5.74) is 15.0. The molecule has 0 bridgehead atoms. The minimum absolute atomic E-state index is 0.0856. The summed E-state index contributed by atoms with van der Waals surface area (Å²) in [7, 11) is 0. The Bertz CT molecular complexity index is 3230. The van der Waals surface area contributed by atoms with Gasteiger partial charge in [0.15, 0.2) is 0 Å². The number of aromatic nitrogens is 2. The van der Waals surface area contributed by atoms with Gasteiger partial charge in [-0.25, -0.2) is 8.78 Å². The fraction of sp³-hybridized carbons (Fsp3) is 0.344. The molecule has 350 valence electrons. The van der Waals surface area contributed by atoms with E-state index >= 15 is 8.78 Å². The Morgan fingerprint density at radius 3 is 0.868 bits per heavy atom. The molecule has 0 saturated carbocycles. The summed E-state index contributed by atoms with van der Waals surface area (Å²) in [4.78, 5) is 0. The van der Waals surface area contributed by atoms with Crippen LogP contribution in [-0.2, 0) is 21.7 Å². The van der Waals surface area contributed by atoms with Crippen LogP contribution >= 0.6 is 0 Å². The van der Waals surface area contributed by atoms with Gasteiger partial charge in [0.25, 0.3) is 0 Å². The van der Waals surface area contributed by atoms with Crippen molar-refractivity contribution in [2.75, 3.05) is 0 Å². The van der Waals surface area contributed by atoms with E-state index in [1.807, 2.05) is 24.3 Å². The van der Waals surface area contributed by atoms with E-state index in [4.69, 9.17) is 0 Å². The van der Waals surface area contributed by atoms with Crippen LogP contribution in [0, 0.1) is 11.6 Å². The maximum absolute atomic E-state index is 17.4. The van der Waals surface area contributed by atoms with E-state index in [-0.39, 0.29) is 45.1 Å². The van der Waals surface area contributed by atoms with Crippen molar-refractivity contribution >= 4 is 43.6 Å². The Morgan fingerprint density at radius 1 is 0.353 bits per heavy atom. The number of rotatable bonds is 6. The standard InChI is InChI=1S/C64H70F2N2/c1-37(2)55-57(43-21-17-19-23-49(43)65)60(68-53-31-27-41(63(11,12)13)35-47(53)48-36-42(64(14,15)16)28-32-54(48)68)58(44-22-18-20-24-50(44)66)56(38(3)4)59(55)67-51-29-25-39(61(5,6)7)33-45(51)46-34-40(62(8,9)10)26-30-52(46)67/h17-38H,1-16H3. The van der Waals surface area contributed by atoms with Crippen molar-refractivity contribution in [1.82, 2.24) is 9.13 Å². The molecule has 0 spiro atoms. The van der Waals surface area contributed by atoms with Gasteiger partial charge in [0.05, 0.1) is 33.4 Å². The molecule has 0 N–H and O–H groups in total.